The van der Waals surface area contributed by atoms with Gasteiger partial charge in [-0.05, 0) is 19.3 Å². The van der Waals surface area contributed by atoms with E-state index < -0.39 is 0 Å². The maximum Gasteiger partial charge on any atom is 0.157 e. The summed E-state index contributed by atoms with van der Waals surface area (Å²) < 4.78 is 2.04. The summed E-state index contributed by atoms with van der Waals surface area (Å²) in [6.45, 7) is 9.15. The molecule has 2 rings (SSSR count). The molecule has 1 aliphatic heterocycles. The van der Waals surface area contributed by atoms with Crippen LogP contribution in [0.5, 0.6) is 0 Å². The van der Waals surface area contributed by atoms with Crippen molar-refractivity contribution >= 4 is 16.9 Å². The first kappa shape index (κ1) is 13.4. The summed E-state index contributed by atoms with van der Waals surface area (Å²) in [6, 6.07) is 0. The minimum absolute atomic E-state index is 0.636. The zero-order valence-electron chi connectivity index (χ0n) is 11.3. The Morgan fingerprint density at radius 2 is 2.39 bits per heavy atom. The zero-order valence-corrected chi connectivity index (χ0v) is 12.1. The lowest BCUT2D eigenvalue weighted by Gasteiger charge is -2.11. The van der Waals surface area contributed by atoms with Gasteiger partial charge in [-0.1, -0.05) is 25.6 Å². The highest BCUT2D eigenvalue weighted by atomic mass is 32.2. The van der Waals surface area contributed by atoms with E-state index in [1.165, 1.54) is 6.42 Å². The summed E-state index contributed by atoms with van der Waals surface area (Å²) >= 11 is 1.86. The van der Waals surface area contributed by atoms with Gasteiger partial charge in [-0.3, -0.25) is 4.99 Å². The molecule has 6 heteroatoms. The Kier molecular flexibility index (Phi) is 4.63. The van der Waals surface area contributed by atoms with E-state index >= 15 is 0 Å². The first-order valence-electron chi connectivity index (χ1n) is 6.50. The molecule has 0 saturated heterocycles. The number of nitrogens with zero attached hydrogens (tertiary/aromatic N) is 4. The summed E-state index contributed by atoms with van der Waals surface area (Å²) in [7, 11) is 0. The van der Waals surface area contributed by atoms with E-state index in [2.05, 4.69) is 41.3 Å². The number of aliphatic imine (C=N–C) groups is 1. The molecule has 1 atom stereocenters. The number of thioether (sulfide) groups is 1. The fourth-order valence-corrected chi connectivity index (χ4v) is 3.25. The maximum absolute atomic E-state index is 4.54. The molecule has 1 aliphatic rings. The average molecular weight is 267 g/mol. The summed E-state index contributed by atoms with van der Waals surface area (Å²) in [6.07, 6.45) is 2.99. The summed E-state index contributed by atoms with van der Waals surface area (Å²) in [5.74, 6) is 1.70. The molecule has 0 aliphatic carbocycles. The smallest absolute Gasteiger partial charge is 0.157 e. The zero-order chi connectivity index (χ0) is 13.0. The second kappa shape index (κ2) is 6.22. The van der Waals surface area contributed by atoms with Gasteiger partial charge in [0.2, 0.25) is 0 Å². The van der Waals surface area contributed by atoms with Gasteiger partial charge in [-0.25, -0.2) is 0 Å². The second-order valence-electron chi connectivity index (χ2n) is 4.90. The van der Waals surface area contributed by atoms with Crippen LogP contribution in [0.2, 0.25) is 0 Å². The molecule has 0 spiro atoms. The van der Waals surface area contributed by atoms with Crippen LogP contribution in [-0.4, -0.2) is 31.7 Å². The molecular weight excluding hydrogens is 246 g/mol. The Hall–Kier alpha value is -1.04. The van der Waals surface area contributed by atoms with Crippen LogP contribution in [0.4, 0.5) is 0 Å². The number of amidine groups is 1. The summed E-state index contributed by atoms with van der Waals surface area (Å²) in [5.41, 5.74) is 0. The van der Waals surface area contributed by atoms with E-state index in [1.54, 1.807) is 6.33 Å². The summed E-state index contributed by atoms with van der Waals surface area (Å²) in [4.78, 5) is 4.54. The number of hydrogen-bond acceptors (Lipinski definition) is 5. The normalized spacial score (nSPS) is 19.3. The number of hydrogen-bond donors (Lipinski definition) is 1. The second-order valence-corrected chi connectivity index (χ2v) is 6.19. The third kappa shape index (κ3) is 3.48. The molecular formula is C12H21N5S. The van der Waals surface area contributed by atoms with E-state index in [9.17, 15) is 0 Å². The van der Waals surface area contributed by atoms with Gasteiger partial charge in [0.05, 0.1) is 13.1 Å². The van der Waals surface area contributed by atoms with Crippen molar-refractivity contribution in [3.05, 3.63) is 12.2 Å². The number of rotatable bonds is 5. The molecule has 100 valence electrons. The molecule has 0 fully saturated rings. The lowest BCUT2D eigenvalue weighted by molar-refractivity contribution is 0.575. The van der Waals surface area contributed by atoms with Crippen LogP contribution in [0.15, 0.2) is 11.3 Å². The minimum atomic E-state index is 0.636. The van der Waals surface area contributed by atoms with Gasteiger partial charge < -0.3 is 9.88 Å². The van der Waals surface area contributed by atoms with Gasteiger partial charge in [0.15, 0.2) is 11.0 Å². The highest BCUT2D eigenvalue weighted by Gasteiger charge is 2.20. The van der Waals surface area contributed by atoms with Gasteiger partial charge in [-0.2, -0.15) is 0 Å². The molecule has 2 heterocycles. The van der Waals surface area contributed by atoms with E-state index in [1.807, 2.05) is 16.3 Å². The predicted molar refractivity (Wildman–Crippen MR) is 75.7 cm³/mol. The van der Waals surface area contributed by atoms with E-state index in [-0.39, 0.29) is 0 Å². The average Bonchev–Trinajstić information content (AvgIpc) is 2.93. The largest absolute Gasteiger partial charge is 0.358 e. The van der Waals surface area contributed by atoms with Crippen LogP contribution < -0.4 is 5.32 Å². The van der Waals surface area contributed by atoms with Gasteiger partial charge >= 0.3 is 0 Å². The number of aromatic nitrogens is 3. The summed E-state index contributed by atoms with van der Waals surface area (Å²) in [5, 5.41) is 13.1. The first-order chi connectivity index (χ1) is 8.69. The molecule has 1 unspecified atom stereocenters. The lowest BCUT2D eigenvalue weighted by atomic mass is 10.1. The number of nitrogens with one attached hydrogen (secondary N) is 1. The molecule has 0 amide bonds. The van der Waals surface area contributed by atoms with Crippen molar-refractivity contribution in [2.45, 2.75) is 45.5 Å². The Labute approximate surface area is 112 Å². The van der Waals surface area contributed by atoms with Crippen molar-refractivity contribution in [3.8, 4) is 0 Å². The van der Waals surface area contributed by atoms with Crippen molar-refractivity contribution in [3.63, 3.8) is 0 Å². The van der Waals surface area contributed by atoms with E-state index in [0.717, 1.165) is 30.0 Å². The van der Waals surface area contributed by atoms with E-state index in [4.69, 9.17) is 0 Å². The highest BCUT2D eigenvalue weighted by Crippen LogP contribution is 2.25. The molecule has 1 N–H and O–H groups in total. The lowest BCUT2D eigenvalue weighted by Crippen LogP contribution is -2.21. The maximum atomic E-state index is 4.54. The van der Waals surface area contributed by atoms with Crippen LogP contribution in [0.3, 0.4) is 0 Å². The van der Waals surface area contributed by atoms with Crippen LogP contribution in [0.1, 0.15) is 33.0 Å². The van der Waals surface area contributed by atoms with Gasteiger partial charge in [0.1, 0.15) is 6.33 Å². The molecule has 1 aromatic heterocycles. The minimum Gasteiger partial charge on any atom is -0.358 e. The monoisotopic (exact) mass is 267 g/mol. The fraction of sp³-hybridized carbons (Fsp3) is 0.750. The topological polar surface area (TPSA) is 55.1 Å². The van der Waals surface area contributed by atoms with Crippen molar-refractivity contribution in [2.75, 3.05) is 6.54 Å². The number of aryl methyl sites for hydroxylation is 1. The third-order valence-electron chi connectivity index (χ3n) is 2.89. The fourth-order valence-electron chi connectivity index (χ4n) is 2.00. The molecule has 18 heavy (non-hydrogen) atoms. The Balaban J connectivity index is 1.78. The van der Waals surface area contributed by atoms with Crippen molar-refractivity contribution < 1.29 is 0 Å². The predicted octanol–water partition coefficient (Wildman–Crippen LogP) is 1.91. The molecule has 0 saturated carbocycles. The van der Waals surface area contributed by atoms with Crippen LogP contribution in [-0.2, 0) is 13.1 Å². The SMILES string of the molecule is CCn1cnnc1CNC1=NCC(CC(C)C)S1. The molecule has 1 aromatic rings. The molecule has 0 bridgehead atoms. The molecule has 0 aromatic carbocycles. The van der Waals surface area contributed by atoms with Crippen LogP contribution >= 0.6 is 11.8 Å². The molecule has 5 nitrogen and oxygen atoms in total. The van der Waals surface area contributed by atoms with Crippen LogP contribution in [0, 0.1) is 5.92 Å². The third-order valence-corrected chi connectivity index (χ3v) is 4.06. The van der Waals surface area contributed by atoms with Crippen molar-refractivity contribution in [1.82, 2.24) is 20.1 Å². The van der Waals surface area contributed by atoms with Crippen molar-refractivity contribution in [1.29, 1.82) is 0 Å². The molecule has 0 radical (unpaired) electrons. The van der Waals surface area contributed by atoms with Crippen molar-refractivity contribution in [2.24, 2.45) is 10.9 Å². The van der Waals surface area contributed by atoms with Gasteiger partial charge in [0, 0.05) is 11.8 Å². The standard InChI is InChI=1S/C12H21N5S/c1-4-17-8-15-16-11(17)7-14-12-13-6-10(18-12)5-9(2)3/h8-10H,4-7H2,1-3H3,(H,13,14). The Bertz CT molecular complexity index is 412. The Morgan fingerprint density at radius 3 is 3.11 bits per heavy atom. The van der Waals surface area contributed by atoms with E-state index in [0.29, 0.717) is 11.8 Å². The van der Waals surface area contributed by atoms with Crippen LogP contribution in [0.25, 0.3) is 0 Å². The Morgan fingerprint density at radius 1 is 1.56 bits per heavy atom. The highest BCUT2D eigenvalue weighted by molar-refractivity contribution is 8.14. The first-order valence-corrected chi connectivity index (χ1v) is 7.38. The van der Waals surface area contributed by atoms with Gasteiger partial charge in [0.25, 0.3) is 0 Å². The van der Waals surface area contributed by atoms with Gasteiger partial charge in [-0.15, -0.1) is 10.2 Å². The quantitative estimate of drug-likeness (QED) is 0.885.